The van der Waals surface area contributed by atoms with Gasteiger partial charge in [0.2, 0.25) is 11.8 Å². The number of halogens is 1. The number of methoxy groups -OCH3 is 3. The van der Waals surface area contributed by atoms with E-state index in [1.165, 1.54) is 4.90 Å². The lowest BCUT2D eigenvalue weighted by molar-refractivity contribution is -0.140. The highest BCUT2D eigenvalue weighted by molar-refractivity contribution is 14.0. The molecule has 1 aliphatic heterocycles. The summed E-state index contributed by atoms with van der Waals surface area (Å²) >= 11 is 0. The summed E-state index contributed by atoms with van der Waals surface area (Å²) in [4.78, 5) is 31.2. The first-order chi connectivity index (χ1) is 15.5. The number of allylic oxidation sites excluding steroid dienone is 2. The number of rotatable bonds is 8. The first-order valence-corrected chi connectivity index (χ1v) is 10.8. The van der Waals surface area contributed by atoms with Crippen LogP contribution in [0.25, 0.3) is 0 Å². The number of imide groups is 1. The Morgan fingerprint density at radius 1 is 0.970 bits per heavy atom. The van der Waals surface area contributed by atoms with Gasteiger partial charge in [0.25, 0.3) is 0 Å². The highest BCUT2D eigenvalue weighted by Gasteiger charge is 2.58. The SMILES string of the molecule is CN=C(NCCN1C(=O)C2C3C=CC(C3)C2C1=O)NCc1cc(OC)c(OC)cc1OC.I. The van der Waals surface area contributed by atoms with Crippen LogP contribution in [0.3, 0.4) is 0 Å². The second kappa shape index (κ2) is 10.6. The molecule has 2 N–H and O–H groups in total. The quantitative estimate of drug-likeness (QED) is 0.162. The molecule has 1 heterocycles. The molecule has 0 aromatic heterocycles. The third-order valence-corrected chi connectivity index (χ3v) is 6.65. The van der Waals surface area contributed by atoms with Gasteiger partial charge in [0.1, 0.15) is 5.75 Å². The summed E-state index contributed by atoms with van der Waals surface area (Å²) in [7, 11) is 6.42. The topological polar surface area (TPSA) is 101 Å². The fourth-order valence-corrected chi connectivity index (χ4v) is 5.10. The number of amides is 2. The Bertz CT molecular complexity index is 936. The number of aliphatic imine (C=N–C) groups is 1. The highest BCUT2D eigenvalue weighted by atomic mass is 127. The summed E-state index contributed by atoms with van der Waals surface area (Å²) in [6.07, 6.45) is 5.15. The summed E-state index contributed by atoms with van der Waals surface area (Å²) < 4.78 is 16.2. The normalized spacial score (nSPS) is 25.1. The Balaban J connectivity index is 0.00000306. The molecule has 4 rings (SSSR count). The molecular formula is C23H31IN4O5. The third kappa shape index (κ3) is 4.62. The number of nitrogens with zero attached hydrogens (tertiary/aromatic N) is 2. The maximum absolute atomic E-state index is 12.8. The molecule has 9 nitrogen and oxygen atoms in total. The van der Waals surface area contributed by atoms with E-state index >= 15 is 0 Å². The molecule has 4 unspecified atom stereocenters. The summed E-state index contributed by atoms with van der Waals surface area (Å²) in [5, 5.41) is 6.41. The van der Waals surface area contributed by atoms with Crippen LogP contribution >= 0.6 is 24.0 Å². The molecule has 2 aliphatic carbocycles. The van der Waals surface area contributed by atoms with Crippen molar-refractivity contribution in [2.24, 2.45) is 28.7 Å². The minimum absolute atomic E-state index is 0. The number of guanidine groups is 1. The van der Waals surface area contributed by atoms with Crippen molar-refractivity contribution in [2.75, 3.05) is 41.5 Å². The standard InChI is InChI=1S/C23H30N4O5.HI/c1-24-23(26-12-15-10-17(31-3)18(32-4)11-16(15)30-2)25-7-8-27-21(28)19-13-5-6-14(9-13)20(19)22(27)29;/h5-6,10-11,13-14,19-20H,7-9,12H2,1-4H3,(H2,24,25,26);1H. The number of hydrogen-bond donors (Lipinski definition) is 2. The van der Waals surface area contributed by atoms with Gasteiger partial charge in [-0.2, -0.15) is 0 Å². The maximum Gasteiger partial charge on any atom is 0.233 e. The van der Waals surface area contributed by atoms with Gasteiger partial charge in [-0.1, -0.05) is 12.2 Å². The van der Waals surface area contributed by atoms with E-state index in [2.05, 4.69) is 27.8 Å². The van der Waals surface area contributed by atoms with Gasteiger partial charge in [0, 0.05) is 38.3 Å². The van der Waals surface area contributed by atoms with Gasteiger partial charge < -0.3 is 24.8 Å². The van der Waals surface area contributed by atoms with Crippen molar-refractivity contribution < 1.29 is 23.8 Å². The van der Waals surface area contributed by atoms with Crippen LogP contribution in [0.5, 0.6) is 17.2 Å². The number of fused-ring (bicyclic) bond motifs is 5. The van der Waals surface area contributed by atoms with Crippen molar-refractivity contribution in [3.63, 3.8) is 0 Å². The summed E-state index contributed by atoms with van der Waals surface area (Å²) in [6, 6.07) is 3.62. The number of likely N-dealkylation sites (tertiary alicyclic amines) is 1. The average molecular weight is 570 g/mol. The van der Waals surface area contributed by atoms with Crippen LogP contribution in [-0.4, -0.2) is 64.1 Å². The zero-order valence-electron chi connectivity index (χ0n) is 19.3. The molecule has 10 heteroatoms. The van der Waals surface area contributed by atoms with Crippen molar-refractivity contribution in [2.45, 2.75) is 13.0 Å². The van der Waals surface area contributed by atoms with Gasteiger partial charge in [0.15, 0.2) is 17.5 Å². The van der Waals surface area contributed by atoms with Gasteiger partial charge in [-0.15, -0.1) is 24.0 Å². The van der Waals surface area contributed by atoms with E-state index in [9.17, 15) is 9.59 Å². The number of hydrogen-bond acceptors (Lipinski definition) is 6. The van der Waals surface area contributed by atoms with E-state index in [0.29, 0.717) is 42.8 Å². The fourth-order valence-electron chi connectivity index (χ4n) is 5.10. The molecule has 1 aromatic carbocycles. The van der Waals surface area contributed by atoms with Crippen molar-refractivity contribution in [1.82, 2.24) is 15.5 Å². The molecule has 33 heavy (non-hydrogen) atoms. The van der Waals surface area contributed by atoms with Crippen molar-refractivity contribution in [3.8, 4) is 17.2 Å². The van der Waals surface area contributed by atoms with Crippen LogP contribution in [0.1, 0.15) is 12.0 Å². The number of benzene rings is 1. The van der Waals surface area contributed by atoms with E-state index < -0.39 is 0 Å². The van der Waals surface area contributed by atoms with Crippen LogP contribution in [0, 0.1) is 23.7 Å². The Morgan fingerprint density at radius 2 is 1.55 bits per heavy atom. The van der Waals surface area contributed by atoms with E-state index in [0.717, 1.165) is 12.0 Å². The van der Waals surface area contributed by atoms with Gasteiger partial charge >= 0.3 is 0 Å². The lowest BCUT2D eigenvalue weighted by Crippen LogP contribution is -2.43. The second-order valence-corrected chi connectivity index (χ2v) is 8.20. The molecule has 2 bridgehead atoms. The molecule has 1 saturated heterocycles. The van der Waals surface area contributed by atoms with E-state index in [-0.39, 0.29) is 59.5 Å². The van der Waals surface area contributed by atoms with E-state index in [1.807, 2.05) is 6.07 Å². The average Bonchev–Trinajstić information content (AvgIpc) is 3.50. The zero-order valence-corrected chi connectivity index (χ0v) is 21.6. The van der Waals surface area contributed by atoms with E-state index in [4.69, 9.17) is 14.2 Å². The first-order valence-electron chi connectivity index (χ1n) is 10.8. The predicted molar refractivity (Wildman–Crippen MR) is 134 cm³/mol. The fraction of sp³-hybridized carbons (Fsp3) is 0.522. The number of nitrogens with one attached hydrogen (secondary N) is 2. The first kappa shape index (κ1) is 25.1. The lowest BCUT2D eigenvalue weighted by Gasteiger charge is -2.19. The molecule has 0 radical (unpaired) electrons. The monoisotopic (exact) mass is 570 g/mol. The molecule has 3 aliphatic rings. The van der Waals surface area contributed by atoms with Gasteiger partial charge in [-0.05, 0) is 24.3 Å². The second-order valence-electron chi connectivity index (χ2n) is 8.20. The van der Waals surface area contributed by atoms with Crippen LogP contribution in [0.15, 0.2) is 29.3 Å². The molecule has 0 spiro atoms. The molecule has 2 amide bonds. The molecular weight excluding hydrogens is 539 g/mol. The number of carbonyl (C=O) groups is 2. The number of carbonyl (C=O) groups excluding carboxylic acids is 2. The summed E-state index contributed by atoms with van der Waals surface area (Å²) in [5.41, 5.74) is 0.869. The minimum Gasteiger partial charge on any atom is -0.496 e. The van der Waals surface area contributed by atoms with Crippen molar-refractivity contribution >= 4 is 41.8 Å². The van der Waals surface area contributed by atoms with Crippen LogP contribution in [0.2, 0.25) is 0 Å². The summed E-state index contributed by atoms with van der Waals surface area (Å²) in [6.45, 7) is 1.18. The Labute approximate surface area is 210 Å². The van der Waals surface area contributed by atoms with Crippen LogP contribution < -0.4 is 24.8 Å². The van der Waals surface area contributed by atoms with Crippen molar-refractivity contribution in [1.29, 1.82) is 0 Å². The minimum atomic E-state index is -0.160. The van der Waals surface area contributed by atoms with Gasteiger partial charge in [0.05, 0.1) is 33.2 Å². The number of ether oxygens (including phenoxy) is 3. The maximum atomic E-state index is 12.8. The zero-order chi connectivity index (χ0) is 22.8. The van der Waals surface area contributed by atoms with Gasteiger partial charge in [-0.3, -0.25) is 19.5 Å². The molecule has 2 fully saturated rings. The summed E-state index contributed by atoms with van der Waals surface area (Å²) in [5.74, 6) is 2.48. The largest absolute Gasteiger partial charge is 0.496 e. The Hall–Kier alpha value is -2.50. The lowest BCUT2D eigenvalue weighted by atomic mass is 9.85. The molecule has 1 aromatic rings. The highest BCUT2D eigenvalue weighted by Crippen LogP contribution is 2.52. The molecule has 1 saturated carbocycles. The predicted octanol–water partition coefficient (Wildman–Crippen LogP) is 1.80. The van der Waals surface area contributed by atoms with Crippen LogP contribution in [0.4, 0.5) is 0 Å². The van der Waals surface area contributed by atoms with Gasteiger partial charge in [-0.25, -0.2) is 0 Å². The van der Waals surface area contributed by atoms with E-state index in [1.54, 1.807) is 34.4 Å². The Morgan fingerprint density at radius 3 is 2.09 bits per heavy atom. The smallest absolute Gasteiger partial charge is 0.233 e. The third-order valence-electron chi connectivity index (χ3n) is 6.65. The molecule has 180 valence electrons. The van der Waals surface area contributed by atoms with Crippen LogP contribution in [-0.2, 0) is 16.1 Å². The van der Waals surface area contributed by atoms with Crippen molar-refractivity contribution in [3.05, 3.63) is 29.8 Å². The molecule has 4 atom stereocenters. The Kier molecular flexibility index (Phi) is 8.09.